The van der Waals surface area contributed by atoms with Crippen LogP contribution < -0.4 is 15.2 Å². The monoisotopic (exact) mass is 388 g/mol. The van der Waals surface area contributed by atoms with Gasteiger partial charge in [0.2, 0.25) is 5.91 Å². The fraction of sp³-hybridized carbons (Fsp3) is 0.476. The first kappa shape index (κ1) is 19.7. The van der Waals surface area contributed by atoms with Crippen LogP contribution in [0.1, 0.15) is 43.0 Å². The van der Waals surface area contributed by atoms with Crippen LogP contribution in [-0.2, 0) is 17.9 Å². The number of rotatable bonds is 8. The molecule has 27 heavy (non-hydrogen) atoms. The Morgan fingerprint density at radius 3 is 2.67 bits per heavy atom. The van der Waals surface area contributed by atoms with Gasteiger partial charge in [-0.25, -0.2) is 0 Å². The van der Waals surface area contributed by atoms with Crippen LogP contribution in [0.5, 0.6) is 11.5 Å². The molecule has 0 bridgehead atoms. The molecule has 1 aromatic carbocycles. The molecule has 1 aromatic heterocycles. The van der Waals surface area contributed by atoms with Crippen molar-refractivity contribution in [2.24, 2.45) is 5.73 Å². The molecule has 6 heteroatoms. The SMILES string of the molecule is CCN(Cc1ccc(OCc2cccs2)c(OC)c1)C(=O)C1(N)CCCC1. The lowest BCUT2D eigenvalue weighted by atomic mass is 9.97. The van der Waals surface area contributed by atoms with Gasteiger partial charge in [0.05, 0.1) is 12.6 Å². The molecule has 1 fully saturated rings. The largest absolute Gasteiger partial charge is 0.493 e. The number of methoxy groups -OCH3 is 1. The molecule has 1 aliphatic carbocycles. The average Bonchev–Trinajstić information content (AvgIpc) is 3.36. The lowest BCUT2D eigenvalue weighted by Gasteiger charge is -2.31. The van der Waals surface area contributed by atoms with Gasteiger partial charge < -0.3 is 20.1 Å². The van der Waals surface area contributed by atoms with Crippen LogP contribution in [0.3, 0.4) is 0 Å². The molecule has 1 saturated carbocycles. The van der Waals surface area contributed by atoms with E-state index in [2.05, 4.69) is 0 Å². The zero-order valence-corrected chi connectivity index (χ0v) is 16.9. The molecule has 3 rings (SSSR count). The second-order valence-corrected chi connectivity index (χ2v) is 8.07. The zero-order valence-electron chi connectivity index (χ0n) is 16.1. The lowest BCUT2D eigenvalue weighted by molar-refractivity contribution is -0.137. The highest BCUT2D eigenvalue weighted by molar-refractivity contribution is 7.09. The Bertz CT molecular complexity index is 755. The summed E-state index contributed by atoms with van der Waals surface area (Å²) < 4.78 is 11.4. The number of ether oxygens (including phenoxy) is 2. The Kier molecular flexibility index (Phi) is 6.39. The summed E-state index contributed by atoms with van der Waals surface area (Å²) in [5.41, 5.74) is 6.68. The third-order valence-corrected chi connectivity index (χ3v) is 5.99. The second kappa shape index (κ2) is 8.76. The first-order valence-corrected chi connectivity index (χ1v) is 10.3. The van der Waals surface area contributed by atoms with Crippen molar-refractivity contribution in [2.75, 3.05) is 13.7 Å². The van der Waals surface area contributed by atoms with E-state index < -0.39 is 5.54 Å². The normalized spacial score (nSPS) is 15.5. The highest BCUT2D eigenvalue weighted by Gasteiger charge is 2.39. The minimum absolute atomic E-state index is 0.0551. The minimum atomic E-state index is -0.691. The maximum absolute atomic E-state index is 12.9. The molecule has 0 radical (unpaired) electrons. The van der Waals surface area contributed by atoms with E-state index in [1.165, 1.54) is 0 Å². The first-order chi connectivity index (χ1) is 13.1. The van der Waals surface area contributed by atoms with Gasteiger partial charge in [-0.05, 0) is 48.9 Å². The predicted molar refractivity (Wildman–Crippen MR) is 108 cm³/mol. The van der Waals surface area contributed by atoms with Crippen LogP contribution in [0.4, 0.5) is 0 Å². The average molecular weight is 389 g/mol. The number of nitrogens with zero attached hydrogens (tertiary/aromatic N) is 1. The van der Waals surface area contributed by atoms with Gasteiger partial charge in [0.15, 0.2) is 11.5 Å². The fourth-order valence-corrected chi connectivity index (χ4v) is 4.17. The standard InChI is InChI=1S/C21H28N2O3S/c1-3-23(20(24)21(22)10-4-5-11-21)14-16-8-9-18(19(13-16)25-2)26-15-17-7-6-12-27-17/h6-9,12-13H,3-5,10-11,14-15,22H2,1-2H3. The summed E-state index contributed by atoms with van der Waals surface area (Å²) >= 11 is 1.66. The molecule has 0 aliphatic heterocycles. The van der Waals surface area contributed by atoms with Gasteiger partial charge in [-0.3, -0.25) is 4.79 Å². The van der Waals surface area contributed by atoms with Crippen molar-refractivity contribution in [2.45, 2.75) is 51.3 Å². The molecule has 2 N–H and O–H groups in total. The number of carbonyl (C=O) groups excluding carboxylic acids is 1. The number of likely N-dealkylation sites (N-methyl/N-ethyl adjacent to an activating group) is 1. The molecule has 1 aliphatic rings. The smallest absolute Gasteiger partial charge is 0.242 e. The van der Waals surface area contributed by atoms with Crippen LogP contribution in [0.2, 0.25) is 0 Å². The molecule has 5 nitrogen and oxygen atoms in total. The molecular formula is C21H28N2O3S. The van der Waals surface area contributed by atoms with E-state index in [0.29, 0.717) is 31.2 Å². The number of amides is 1. The fourth-order valence-electron chi connectivity index (χ4n) is 3.56. The van der Waals surface area contributed by atoms with E-state index in [9.17, 15) is 4.79 Å². The van der Waals surface area contributed by atoms with Gasteiger partial charge in [0, 0.05) is 18.0 Å². The maximum atomic E-state index is 12.9. The van der Waals surface area contributed by atoms with Gasteiger partial charge >= 0.3 is 0 Å². The molecule has 0 atom stereocenters. The summed E-state index contributed by atoms with van der Waals surface area (Å²) in [7, 11) is 1.63. The highest BCUT2D eigenvalue weighted by Crippen LogP contribution is 2.32. The van der Waals surface area contributed by atoms with E-state index in [0.717, 1.165) is 36.1 Å². The molecule has 146 valence electrons. The number of carbonyl (C=O) groups is 1. The minimum Gasteiger partial charge on any atom is -0.493 e. The number of benzene rings is 1. The molecule has 0 spiro atoms. The van der Waals surface area contributed by atoms with Gasteiger partial charge in [-0.1, -0.05) is 25.0 Å². The summed E-state index contributed by atoms with van der Waals surface area (Å²) in [5, 5.41) is 2.03. The number of hydrogen-bond donors (Lipinski definition) is 1. The van der Waals surface area contributed by atoms with Crippen molar-refractivity contribution in [3.8, 4) is 11.5 Å². The molecule has 1 heterocycles. The van der Waals surface area contributed by atoms with E-state index >= 15 is 0 Å². The number of nitrogens with two attached hydrogens (primary N) is 1. The van der Waals surface area contributed by atoms with Crippen LogP contribution in [0.15, 0.2) is 35.7 Å². The molecule has 2 aromatic rings. The van der Waals surface area contributed by atoms with Crippen LogP contribution >= 0.6 is 11.3 Å². The molecular weight excluding hydrogens is 360 g/mol. The summed E-state index contributed by atoms with van der Waals surface area (Å²) in [6.07, 6.45) is 3.62. The van der Waals surface area contributed by atoms with Crippen LogP contribution in [0, 0.1) is 0 Å². The Labute approximate surface area is 165 Å². The third kappa shape index (κ3) is 4.62. The van der Waals surface area contributed by atoms with Crippen molar-refractivity contribution in [1.82, 2.24) is 4.90 Å². The quantitative estimate of drug-likeness (QED) is 0.743. The summed E-state index contributed by atoms with van der Waals surface area (Å²) in [6, 6.07) is 9.89. The maximum Gasteiger partial charge on any atom is 0.242 e. The Balaban J connectivity index is 1.69. The van der Waals surface area contributed by atoms with Gasteiger partial charge in [-0.15, -0.1) is 11.3 Å². The zero-order chi connectivity index (χ0) is 19.3. The second-order valence-electron chi connectivity index (χ2n) is 7.04. The van der Waals surface area contributed by atoms with E-state index in [1.807, 2.05) is 47.5 Å². The first-order valence-electron chi connectivity index (χ1n) is 9.46. The Morgan fingerprint density at radius 1 is 1.26 bits per heavy atom. The summed E-state index contributed by atoms with van der Waals surface area (Å²) in [6.45, 7) is 3.67. The van der Waals surface area contributed by atoms with Crippen molar-refractivity contribution < 1.29 is 14.3 Å². The number of thiophene rings is 1. The van der Waals surface area contributed by atoms with Crippen molar-refractivity contribution in [1.29, 1.82) is 0 Å². The van der Waals surface area contributed by atoms with Gasteiger partial charge in [0.25, 0.3) is 0 Å². The Hall–Kier alpha value is -2.05. The van der Waals surface area contributed by atoms with Gasteiger partial charge in [0.1, 0.15) is 6.61 Å². The summed E-state index contributed by atoms with van der Waals surface area (Å²) in [4.78, 5) is 15.9. The van der Waals surface area contributed by atoms with E-state index in [4.69, 9.17) is 15.2 Å². The van der Waals surface area contributed by atoms with Crippen molar-refractivity contribution >= 4 is 17.2 Å². The number of hydrogen-bond acceptors (Lipinski definition) is 5. The molecule has 0 saturated heterocycles. The van der Waals surface area contributed by atoms with Crippen LogP contribution in [-0.4, -0.2) is 30.0 Å². The van der Waals surface area contributed by atoms with Crippen LogP contribution in [0.25, 0.3) is 0 Å². The Morgan fingerprint density at radius 2 is 2.04 bits per heavy atom. The van der Waals surface area contributed by atoms with Crippen molar-refractivity contribution in [3.63, 3.8) is 0 Å². The lowest BCUT2D eigenvalue weighted by Crippen LogP contribution is -2.53. The third-order valence-electron chi connectivity index (χ3n) is 5.14. The predicted octanol–water partition coefficient (Wildman–Crippen LogP) is 3.96. The summed E-state index contributed by atoms with van der Waals surface area (Å²) in [5.74, 6) is 1.44. The highest BCUT2D eigenvalue weighted by atomic mass is 32.1. The topological polar surface area (TPSA) is 64.8 Å². The van der Waals surface area contributed by atoms with Crippen molar-refractivity contribution in [3.05, 3.63) is 46.2 Å². The van der Waals surface area contributed by atoms with E-state index in [-0.39, 0.29) is 5.91 Å². The molecule has 0 unspecified atom stereocenters. The molecule has 1 amide bonds. The van der Waals surface area contributed by atoms with Gasteiger partial charge in [-0.2, -0.15) is 0 Å². The van der Waals surface area contributed by atoms with E-state index in [1.54, 1.807) is 18.4 Å².